The summed E-state index contributed by atoms with van der Waals surface area (Å²) in [6.07, 6.45) is -0.603. The van der Waals surface area contributed by atoms with Crippen molar-refractivity contribution in [2.24, 2.45) is 0 Å². The van der Waals surface area contributed by atoms with Gasteiger partial charge in [0.05, 0.1) is 6.07 Å². The minimum atomic E-state index is -3.60. The van der Waals surface area contributed by atoms with Gasteiger partial charge >= 0.3 is 0 Å². The van der Waals surface area contributed by atoms with Gasteiger partial charge in [-0.1, -0.05) is 6.92 Å². The number of sulfonamides is 1. The molecule has 0 N–H and O–H groups in total. The highest BCUT2D eigenvalue weighted by atomic mass is 32.2. The van der Waals surface area contributed by atoms with Gasteiger partial charge in [0.25, 0.3) is 0 Å². The van der Waals surface area contributed by atoms with Crippen molar-refractivity contribution in [3.63, 3.8) is 0 Å². The van der Waals surface area contributed by atoms with Crippen molar-refractivity contribution in [3.05, 3.63) is 0 Å². The van der Waals surface area contributed by atoms with Crippen LogP contribution in [0.1, 0.15) is 19.8 Å². The largest absolute Gasteiger partial charge is 0.246 e. The summed E-state index contributed by atoms with van der Waals surface area (Å²) in [5.74, 6) is 0. The highest BCUT2D eigenvalue weighted by Gasteiger charge is 2.36. The molecule has 1 rings (SSSR count). The number of hydrogen-bond acceptors (Lipinski definition) is 3. The van der Waals surface area contributed by atoms with Gasteiger partial charge in [-0.25, -0.2) is 12.8 Å². The summed E-state index contributed by atoms with van der Waals surface area (Å²) < 4.78 is 37.2. The van der Waals surface area contributed by atoms with E-state index in [9.17, 15) is 12.8 Å². The Bertz CT molecular complexity index is 336. The van der Waals surface area contributed by atoms with E-state index in [1.54, 1.807) is 13.0 Å². The Kier molecular flexibility index (Phi) is 3.45. The van der Waals surface area contributed by atoms with Crippen LogP contribution in [0.4, 0.5) is 4.39 Å². The topological polar surface area (TPSA) is 61.2 Å². The summed E-state index contributed by atoms with van der Waals surface area (Å²) >= 11 is 0. The molecule has 0 radical (unpaired) electrons. The van der Waals surface area contributed by atoms with Gasteiger partial charge in [-0.2, -0.15) is 9.57 Å². The molecule has 1 aliphatic heterocycles. The van der Waals surface area contributed by atoms with Crippen molar-refractivity contribution in [3.8, 4) is 6.07 Å². The Morgan fingerprint density at radius 3 is 2.71 bits per heavy atom. The third kappa shape index (κ3) is 2.04. The highest BCUT2D eigenvalue weighted by Crippen LogP contribution is 2.20. The molecular formula is C8H13FN2O2S. The van der Waals surface area contributed by atoms with E-state index in [0.717, 1.165) is 4.31 Å². The molecule has 2 unspecified atom stereocenters. The molecule has 80 valence electrons. The first-order chi connectivity index (χ1) is 6.52. The molecule has 2 atom stereocenters. The van der Waals surface area contributed by atoms with E-state index in [1.807, 2.05) is 0 Å². The van der Waals surface area contributed by atoms with E-state index >= 15 is 0 Å². The average molecular weight is 220 g/mol. The normalized spacial score (nSPS) is 25.9. The second-order valence-corrected chi connectivity index (χ2v) is 5.43. The van der Waals surface area contributed by atoms with Crippen LogP contribution in [0, 0.1) is 11.3 Å². The van der Waals surface area contributed by atoms with Crippen LogP contribution in [0.15, 0.2) is 0 Å². The smallest absolute Gasteiger partial charge is 0.230 e. The van der Waals surface area contributed by atoms with Crippen molar-refractivity contribution in [2.45, 2.75) is 31.2 Å². The quantitative estimate of drug-likeness (QED) is 0.702. The maximum Gasteiger partial charge on any atom is 0.230 e. The number of halogens is 1. The van der Waals surface area contributed by atoms with Crippen LogP contribution >= 0.6 is 0 Å². The molecule has 1 aliphatic rings. The molecule has 6 heteroatoms. The number of nitrogens with zero attached hydrogens (tertiary/aromatic N) is 2. The molecule has 0 amide bonds. The summed E-state index contributed by atoms with van der Waals surface area (Å²) in [5, 5.41) is 7.60. The Balaban J connectivity index is 2.81. The van der Waals surface area contributed by atoms with Gasteiger partial charge in [-0.3, -0.25) is 0 Å². The number of hydrogen-bond donors (Lipinski definition) is 0. The summed E-state index contributed by atoms with van der Waals surface area (Å²) in [6, 6.07) is 1.73. The van der Waals surface area contributed by atoms with Crippen LogP contribution in [0.2, 0.25) is 0 Å². The molecule has 0 aromatic heterocycles. The summed E-state index contributed by atoms with van der Waals surface area (Å²) in [5.41, 5.74) is 0. The molecular weight excluding hydrogens is 207 g/mol. The fraction of sp³-hybridized carbons (Fsp3) is 0.875. The first kappa shape index (κ1) is 11.4. The zero-order valence-electron chi connectivity index (χ0n) is 7.98. The third-order valence-corrected chi connectivity index (χ3v) is 4.54. The average Bonchev–Trinajstić information content (AvgIpc) is 2.54. The summed E-state index contributed by atoms with van der Waals surface area (Å²) in [6.45, 7) is 1.73. The number of rotatable bonds is 3. The first-order valence-corrected chi connectivity index (χ1v) is 6.05. The zero-order chi connectivity index (χ0) is 10.8. The molecule has 1 fully saturated rings. The van der Waals surface area contributed by atoms with Gasteiger partial charge in [0.15, 0.2) is 5.25 Å². The van der Waals surface area contributed by atoms with E-state index in [1.165, 1.54) is 0 Å². The third-order valence-electron chi connectivity index (χ3n) is 2.33. The van der Waals surface area contributed by atoms with Crippen LogP contribution in [0.25, 0.3) is 0 Å². The Morgan fingerprint density at radius 2 is 2.36 bits per heavy atom. The van der Waals surface area contributed by atoms with Crippen LogP contribution < -0.4 is 0 Å². The van der Waals surface area contributed by atoms with Crippen molar-refractivity contribution >= 4 is 10.0 Å². The number of alkyl halides is 1. The Hall–Kier alpha value is -0.670. The Labute approximate surface area is 83.4 Å². The lowest BCUT2D eigenvalue weighted by Crippen LogP contribution is -2.36. The van der Waals surface area contributed by atoms with E-state index < -0.39 is 21.4 Å². The summed E-state index contributed by atoms with van der Waals surface area (Å²) in [4.78, 5) is 0. The predicted molar refractivity (Wildman–Crippen MR) is 49.7 cm³/mol. The van der Waals surface area contributed by atoms with E-state index in [4.69, 9.17) is 5.26 Å². The molecule has 0 spiro atoms. The maximum absolute atomic E-state index is 12.8. The van der Waals surface area contributed by atoms with Crippen molar-refractivity contribution < 1.29 is 12.8 Å². The molecule has 0 aromatic carbocycles. The van der Waals surface area contributed by atoms with E-state index in [2.05, 4.69) is 0 Å². The lowest BCUT2D eigenvalue weighted by atomic mass is 10.4. The zero-order valence-corrected chi connectivity index (χ0v) is 8.80. The van der Waals surface area contributed by atoms with Gasteiger partial charge in [-0.15, -0.1) is 0 Å². The second kappa shape index (κ2) is 4.24. The monoisotopic (exact) mass is 220 g/mol. The van der Waals surface area contributed by atoms with Crippen LogP contribution in [-0.4, -0.2) is 37.2 Å². The van der Waals surface area contributed by atoms with Crippen molar-refractivity contribution in [1.82, 2.24) is 4.31 Å². The fourth-order valence-corrected chi connectivity index (χ4v) is 3.11. The van der Waals surface area contributed by atoms with Gasteiger partial charge in [-0.05, 0) is 12.8 Å². The lowest BCUT2D eigenvalue weighted by molar-refractivity contribution is 0.342. The molecule has 0 bridgehead atoms. The van der Waals surface area contributed by atoms with Crippen molar-refractivity contribution in [1.29, 1.82) is 5.26 Å². The fourth-order valence-electron chi connectivity index (χ4n) is 1.47. The van der Waals surface area contributed by atoms with Gasteiger partial charge in [0, 0.05) is 13.1 Å². The summed E-state index contributed by atoms with van der Waals surface area (Å²) in [7, 11) is -3.60. The second-order valence-electron chi connectivity index (χ2n) is 3.31. The number of nitriles is 1. The van der Waals surface area contributed by atoms with E-state index in [0.29, 0.717) is 0 Å². The minimum absolute atomic E-state index is 0.0967. The maximum atomic E-state index is 12.8. The minimum Gasteiger partial charge on any atom is -0.246 e. The van der Waals surface area contributed by atoms with Gasteiger partial charge in [0.1, 0.15) is 6.17 Å². The van der Waals surface area contributed by atoms with Crippen LogP contribution in [0.3, 0.4) is 0 Å². The highest BCUT2D eigenvalue weighted by molar-refractivity contribution is 7.90. The first-order valence-electron chi connectivity index (χ1n) is 4.55. The molecule has 14 heavy (non-hydrogen) atoms. The van der Waals surface area contributed by atoms with Gasteiger partial charge in [0.2, 0.25) is 10.0 Å². The molecule has 4 nitrogen and oxygen atoms in total. The molecule has 0 aliphatic carbocycles. The van der Waals surface area contributed by atoms with Crippen LogP contribution in [0.5, 0.6) is 0 Å². The molecule has 0 aromatic rings. The van der Waals surface area contributed by atoms with Crippen LogP contribution in [-0.2, 0) is 10.0 Å². The molecule has 1 heterocycles. The SMILES string of the molecule is CCC(C#N)S(=O)(=O)N1CCC(F)C1. The molecule has 1 saturated heterocycles. The van der Waals surface area contributed by atoms with Gasteiger partial charge < -0.3 is 0 Å². The lowest BCUT2D eigenvalue weighted by Gasteiger charge is -2.17. The van der Waals surface area contributed by atoms with Crippen molar-refractivity contribution in [2.75, 3.05) is 13.1 Å². The molecule has 0 saturated carbocycles. The Morgan fingerprint density at radius 1 is 1.71 bits per heavy atom. The predicted octanol–water partition coefficient (Wildman–Crippen LogP) is 0.662. The standard InChI is InChI=1S/C8H13FN2O2S/c1-2-8(5-10)14(12,13)11-4-3-7(9)6-11/h7-8H,2-4,6H2,1H3. The van der Waals surface area contributed by atoms with E-state index in [-0.39, 0.29) is 25.9 Å².